The average Bonchev–Trinajstić information content (AvgIpc) is 2.10. The van der Waals surface area contributed by atoms with Crippen LogP contribution in [0.1, 0.15) is 26.7 Å². The van der Waals surface area contributed by atoms with Crippen molar-refractivity contribution in [1.82, 2.24) is 4.90 Å². The smallest absolute Gasteiger partial charge is 0.317 e. The van der Waals surface area contributed by atoms with Gasteiger partial charge in [0.15, 0.2) is 0 Å². The van der Waals surface area contributed by atoms with Crippen molar-refractivity contribution in [2.45, 2.75) is 39.0 Å². The van der Waals surface area contributed by atoms with Crippen molar-refractivity contribution in [3.63, 3.8) is 0 Å². The van der Waals surface area contributed by atoms with E-state index in [1.807, 2.05) is 6.92 Å². The Hall–Kier alpha value is -0.870. The van der Waals surface area contributed by atoms with Gasteiger partial charge in [-0.25, -0.2) is 0 Å². The van der Waals surface area contributed by atoms with Crippen LogP contribution in [0.15, 0.2) is 12.7 Å². The van der Waals surface area contributed by atoms with E-state index in [-0.39, 0.29) is 12.6 Å². The molecule has 0 rings (SSSR count). The Morgan fingerprint density at radius 2 is 2.21 bits per heavy atom. The fourth-order valence-electron chi connectivity index (χ4n) is 1.45. The van der Waals surface area contributed by atoms with Gasteiger partial charge in [-0.05, 0) is 19.8 Å². The molecule has 0 heterocycles. The lowest BCUT2D eigenvalue weighted by molar-refractivity contribution is -0.142. The van der Waals surface area contributed by atoms with E-state index in [1.165, 1.54) is 0 Å². The van der Waals surface area contributed by atoms with Crippen molar-refractivity contribution in [1.29, 1.82) is 0 Å². The van der Waals surface area contributed by atoms with Crippen LogP contribution in [0.4, 0.5) is 0 Å². The zero-order chi connectivity index (χ0) is 11.1. The Labute approximate surface area is 84.8 Å². The maximum Gasteiger partial charge on any atom is 0.317 e. The van der Waals surface area contributed by atoms with E-state index in [9.17, 15) is 9.90 Å². The summed E-state index contributed by atoms with van der Waals surface area (Å²) in [6.45, 7) is 7.02. The standard InChI is InChI=1S/C10H19NO3/c1-4-6-9(5-2)11(8(3)12)7-10(13)14/h4,8-9,12H,1,5-7H2,2-3H3,(H,13,14). The van der Waals surface area contributed by atoms with E-state index in [0.717, 1.165) is 6.42 Å². The highest BCUT2D eigenvalue weighted by Crippen LogP contribution is 2.11. The first-order chi connectivity index (χ1) is 6.52. The number of carbonyl (C=O) groups is 1. The summed E-state index contributed by atoms with van der Waals surface area (Å²) in [5.74, 6) is -0.923. The van der Waals surface area contributed by atoms with E-state index in [2.05, 4.69) is 6.58 Å². The molecule has 0 aromatic rings. The fourth-order valence-corrected chi connectivity index (χ4v) is 1.45. The molecular weight excluding hydrogens is 182 g/mol. The Morgan fingerprint density at radius 3 is 2.50 bits per heavy atom. The molecule has 0 bridgehead atoms. The molecule has 0 aliphatic heterocycles. The van der Waals surface area contributed by atoms with Gasteiger partial charge in [0.1, 0.15) is 6.23 Å². The summed E-state index contributed by atoms with van der Waals surface area (Å²) in [4.78, 5) is 12.1. The van der Waals surface area contributed by atoms with Gasteiger partial charge in [0, 0.05) is 6.04 Å². The summed E-state index contributed by atoms with van der Waals surface area (Å²) in [5.41, 5.74) is 0. The van der Waals surface area contributed by atoms with Crippen LogP contribution in [0.25, 0.3) is 0 Å². The van der Waals surface area contributed by atoms with Crippen molar-refractivity contribution in [3.8, 4) is 0 Å². The minimum atomic E-state index is -0.923. The number of hydrogen-bond acceptors (Lipinski definition) is 3. The largest absolute Gasteiger partial charge is 0.480 e. The number of hydrogen-bond donors (Lipinski definition) is 2. The third-order valence-electron chi connectivity index (χ3n) is 2.18. The van der Waals surface area contributed by atoms with Gasteiger partial charge in [-0.1, -0.05) is 13.0 Å². The Kier molecular flexibility index (Phi) is 6.16. The number of aliphatic hydroxyl groups is 1. The maximum absolute atomic E-state index is 10.6. The zero-order valence-corrected chi connectivity index (χ0v) is 8.81. The van der Waals surface area contributed by atoms with Crippen LogP contribution in [0.3, 0.4) is 0 Å². The highest BCUT2D eigenvalue weighted by atomic mass is 16.4. The molecular formula is C10H19NO3. The van der Waals surface area contributed by atoms with Crippen molar-refractivity contribution in [2.75, 3.05) is 6.54 Å². The summed E-state index contributed by atoms with van der Waals surface area (Å²) >= 11 is 0. The molecule has 0 fully saturated rings. The molecule has 0 saturated carbocycles. The summed E-state index contributed by atoms with van der Waals surface area (Å²) in [7, 11) is 0. The Balaban J connectivity index is 4.42. The zero-order valence-electron chi connectivity index (χ0n) is 8.81. The maximum atomic E-state index is 10.6. The average molecular weight is 201 g/mol. The number of carboxylic acids is 1. The molecule has 14 heavy (non-hydrogen) atoms. The van der Waals surface area contributed by atoms with E-state index < -0.39 is 12.2 Å². The molecule has 2 N–H and O–H groups in total. The minimum Gasteiger partial charge on any atom is -0.480 e. The van der Waals surface area contributed by atoms with Crippen LogP contribution in [0, 0.1) is 0 Å². The molecule has 2 unspecified atom stereocenters. The van der Waals surface area contributed by atoms with Crippen LogP contribution in [-0.4, -0.2) is 39.9 Å². The monoisotopic (exact) mass is 201 g/mol. The van der Waals surface area contributed by atoms with Gasteiger partial charge in [-0.3, -0.25) is 9.69 Å². The molecule has 0 aliphatic carbocycles. The second-order valence-corrected chi connectivity index (χ2v) is 3.28. The van der Waals surface area contributed by atoms with Crippen molar-refractivity contribution >= 4 is 5.97 Å². The van der Waals surface area contributed by atoms with Crippen molar-refractivity contribution < 1.29 is 15.0 Å². The molecule has 82 valence electrons. The SMILES string of the molecule is C=CCC(CC)N(CC(=O)O)C(C)O. The summed E-state index contributed by atoms with van der Waals surface area (Å²) in [6.07, 6.45) is 2.49. The molecule has 0 aromatic carbocycles. The molecule has 4 heteroatoms. The van der Waals surface area contributed by atoms with Crippen LogP contribution >= 0.6 is 0 Å². The molecule has 0 radical (unpaired) electrons. The second kappa shape index (κ2) is 6.56. The lowest BCUT2D eigenvalue weighted by Gasteiger charge is -2.31. The molecule has 0 saturated heterocycles. The van der Waals surface area contributed by atoms with E-state index >= 15 is 0 Å². The fraction of sp³-hybridized carbons (Fsp3) is 0.700. The summed E-state index contributed by atoms with van der Waals surface area (Å²) < 4.78 is 0. The van der Waals surface area contributed by atoms with Crippen molar-refractivity contribution in [2.24, 2.45) is 0 Å². The van der Waals surface area contributed by atoms with Gasteiger partial charge in [0.2, 0.25) is 0 Å². The molecule has 0 amide bonds. The number of carboxylic acid groups (broad SMARTS) is 1. The van der Waals surface area contributed by atoms with Gasteiger partial charge < -0.3 is 10.2 Å². The van der Waals surface area contributed by atoms with E-state index in [4.69, 9.17) is 5.11 Å². The summed E-state index contributed by atoms with van der Waals surface area (Å²) in [6, 6.07) is 0.0450. The minimum absolute atomic E-state index is 0.0450. The van der Waals surface area contributed by atoms with Gasteiger partial charge in [0.05, 0.1) is 6.54 Å². The molecule has 0 spiro atoms. The first-order valence-electron chi connectivity index (χ1n) is 4.79. The van der Waals surface area contributed by atoms with E-state index in [1.54, 1.807) is 17.9 Å². The first kappa shape index (κ1) is 13.1. The quantitative estimate of drug-likeness (QED) is 0.477. The molecule has 4 nitrogen and oxygen atoms in total. The van der Waals surface area contributed by atoms with Crippen LogP contribution in [0.2, 0.25) is 0 Å². The molecule has 0 aliphatic rings. The van der Waals surface area contributed by atoms with Crippen molar-refractivity contribution in [3.05, 3.63) is 12.7 Å². The normalized spacial score (nSPS) is 15.1. The highest BCUT2D eigenvalue weighted by molar-refractivity contribution is 5.69. The Morgan fingerprint density at radius 1 is 1.64 bits per heavy atom. The third kappa shape index (κ3) is 4.39. The number of nitrogens with zero attached hydrogens (tertiary/aromatic N) is 1. The predicted octanol–water partition coefficient (Wildman–Crippen LogP) is 1.07. The highest BCUT2D eigenvalue weighted by Gasteiger charge is 2.21. The van der Waals surface area contributed by atoms with Crippen LogP contribution in [-0.2, 0) is 4.79 Å². The van der Waals surface area contributed by atoms with Crippen LogP contribution < -0.4 is 0 Å². The molecule has 2 atom stereocenters. The number of aliphatic hydroxyl groups excluding tert-OH is 1. The van der Waals surface area contributed by atoms with E-state index in [0.29, 0.717) is 6.42 Å². The number of aliphatic carboxylic acids is 1. The van der Waals surface area contributed by atoms with Gasteiger partial charge in [-0.15, -0.1) is 6.58 Å². The third-order valence-corrected chi connectivity index (χ3v) is 2.18. The van der Waals surface area contributed by atoms with Gasteiger partial charge in [-0.2, -0.15) is 0 Å². The van der Waals surface area contributed by atoms with Gasteiger partial charge >= 0.3 is 5.97 Å². The Bertz CT molecular complexity index is 192. The predicted molar refractivity (Wildman–Crippen MR) is 54.9 cm³/mol. The van der Waals surface area contributed by atoms with Gasteiger partial charge in [0.25, 0.3) is 0 Å². The second-order valence-electron chi connectivity index (χ2n) is 3.28. The first-order valence-corrected chi connectivity index (χ1v) is 4.79. The lowest BCUT2D eigenvalue weighted by Crippen LogP contribution is -2.44. The lowest BCUT2D eigenvalue weighted by atomic mass is 10.1. The molecule has 0 aromatic heterocycles. The van der Waals surface area contributed by atoms with Crippen LogP contribution in [0.5, 0.6) is 0 Å². The number of rotatable bonds is 7. The summed E-state index contributed by atoms with van der Waals surface area (Å²) in [5, 5.41) is 18.1. The topological polar surface area (TPSA) is 60.8 Å².